The molecule has 0 aliphatic rings. The fourth-order valence-corrected chi connectivity index (χ4v) is 4.60. The smallest absolute Gasteiger partial charge is 0.211 e. The Balaban J connectivity index is 2.65. The molecule has 0 atom stereocenters. The van der Waals surface area contributed by atoms with Crippen LogP contribution >= 0.6 is 117 Å². The highest BCUT2D eigenvalue weighted by Crippen LogP contribution is 2.51. The molecule has 1 nitrogen and oxygen atoms in total. The van der Waals surface area contributed by atoms with Crippen molar-refractivity contribution < 1.29 is 4.42 Å². The zero-order valence-electron chi connectivity index (χ0n) is 9.75. The van der Waals surface area contributed by atoms with Crippen LogP contribution in [-0.4, -0.2) is 0 Å². The maximum Gasteiger partial charge on any atom is 0.211 e. The lowest BCUT2D eigenvalue weighted by molar-refractivity contribution is 0.442. The average molecular weight is 496 g/mol. The normalized spacial score (nSPS) is 11.1. The Hall–Kier alpha value is 1.26. The van der Waals surface area contributed by atoms with Crippen LogP contribution in [0.25, 0.3) is 0 Å². The van der Waals surface area contributed by atoms with Crippen molar-refractivity contribution in [3.05, 3.63) is 44.9 Å². The first-order chi connectivity index (χ1) is 10.2. The Morgan fingerprint density at radius 2 is 1.00 bits per heavy atom. The van der Waals surface area contributed by atoms with Gasteiger partial charge in [0.05, 0.1) is 35.0 Å². The molecule has 0 aliphatic heterocycles. The standard InChI is InChI=1S/C11Cl8OS2/c12-1-2(13)5(16)9(6(17)3(1)14)22-11-8(19)4(15)7(18)10(21)20-11. The lowest BCUT2D eigenvalue weighted by atomic mass is 10.3. The molecule has 1 aromatic carbocycles. The van der Waals surface area contributed by atoms with E-state index in [1.54, 1.807) is 0 Å². The number of benzene rings is 1. The summed E-state index contributed by atoms with van der Waals surface area (Å²) in [6.45, 7) is 0. The van der Waals surface area contributed by atoms with E-state index in [2.05, 4.69) is 0 Å². The maximum atomic E-state index is 6.14. The van der Waals surface area contributed by atoms with Crippen molar-refractivity contribution >= 4 is 117 Å². The summed E-state index contributed by atoms with van der Waals surface area (Å²) in [7, 11) is 0. The first kappa shape index (κ1) is 19.6. The van der Waals surface area contributed by atoms with Gasteiger partial charge in [-0.1, -0.05) is 92.8 Å². The van der Waals surface area contributed by atoms with Crippen LogP contribution in [0, 0.1) is 4.71 Å². The highest BCUT2D eigenvalue weighted by atomic mass is 35.5. The zero-order chi connectivity index (χ0) is 16.8. The van der Waals surface area contributed by atoms with Crippen LogP contribution in [0.2, 0.25) is 40.2 Å². The van der Waals surface area contributed by atoms with Gasteiger partial charge in [-0.25, -0.2) is 0 Å². The van der Waals surface area contributed by atoms with E-state index < -0.39 is 0 Å². The topological polar surface area (TPSA) is 13.1 Å². The van der Waals surface area contributed by atoms with Crippen LogP contribution in [-0.2, 0) is 0 Å². The Kier molecular flexibility index (Phi) is 6.81. The molecule has 0 bridgehead atoms. The Bertz CT molecular complexity index is 803. The van der Waals surface area contributed by atoms with E-state index in [-0.39, 0.29) is 50.0 Å². The lowest BCUT2D eigenvalue weighted by Gasteiger charge is -2.12. The fourth-order valence-electron chi connectivity index (χ4n) is 1.28. The largest absolute Gasteiger partial charge is 0.435 e. The molecular formula is C11Cl8OS2. The minimum atomic E-state index is -0.0306. The predicted octanol–water partition coefficient (Wildman–Crippen LogP) is 9.39. The molecule has 0 fully saturated rings. The second kappa shape index (κ2) is 7.65. The summed E-state index contributed by atoms with van der Waals surface area (Å²) in [6.07, 6.45) is 0. The van der Waals surface area contributed by atoms with Gasteiger partial charge in [0.2, 0.25) is 4.71 Å². The van der Waals surface area contributed by atoms with Crippen molar-refractivity contribution in [2.75, 3.05) is 0 Å². The van der Waals surface area contributed by atoms with Gasteiger partial charge in [-0.2, -0.15) is 0 Å². The molecule has 2 aromatic rings. The fraction of sp³-hybridized carbons (Fsp3) is 0. The summed E-state index contributed by atoms with van der Waals surface area (Å²) < 4.78 is 5.31. The van der Waals surface area contributed by atoms with Gasteiger partial charge in [-0.3, -0.25) is 0 Å². The van der Waals surface area contributed by atoms with Crippen molar-refractivity contribution in [1.82, 2.24) is 0 Å². The van der Waals surface area contributed by atoms with E-state index in [9.17, 15) is 0 Å². The van der Waals surface area contributed by atoms with E-state index >= 15 is 0 Å². The van der Waals surface area contributed by atoms with Crippen molar-refractivity contribution in [3.63, 3.8) is 0 Å². The van der Waals surface area contributed by atoms with E-state index in [0.717, 1.165) is 11.8 Å². The van der Waals surface area contributed by atoms with Crippen LogP contribution < -0.4 is 0 Å². The zero-order valence-corrected chi connectivity index (χ0v) is 17.4. The van der Waals surface area contributed by atoms with Gasteiger partial charge in [0.1, 0.15) is 10.0 Å². The summed E-state index contributed by atoms with van der Waals surface area (Å²) in [4.78, 5) is 0.293. The number of halogens is 8. The van der Waals surface area contributed by atoms with Crippen LogP contribution in [0.3, 0.4) is 0 Å². The number of hydrogen-bond donors (Lipinski definition) is 0. The van der Waals surface area contributed by atoms with Gasteiger partial charge < -0.3 is 4.42 Å². The van der Waals surface area contributed by atoms with Crippen molar-refractivity contribution in [1.29, 1.82) is 0 Å². The van der Waals surface area contributed by atoms with Gasteiger partial charge in [0, 0.05) is 0 Å². The van der Waals surface area contributed by atoms with E-state index in [4.69, 9.17) is 109 Å². The first-order valence-electron chi connectivity index (χ1n) is 5.03. The molecule has 0 amide bonds. The summed E-state index contributed by atoms with van der Waals surface area (Å²) in [5, 5.41) is 0.618. The Labute approximate surface area is 174 Å². The molecule has 0 spiro atoms. The quantitative estimate of drug-likeness (QED) is 0.234. The third-order valence-electron chi connectivity index (χ3n) is 2.29. The first-order valence-corrected chi connectivity index (χ1v) is 9.28. The van der Waals surface area contributed by atoms with Crippen LogP contribution in [0.4, 0.5) is 0 Å². The highest BCUT2D eigenvalue weighted by molar-refractivity contribution is 7.99. The minimum absolute atomic E-state index is 0.0306. The van der Waals surface area contributed by atoms with E-state index in [1.165, 1.54) is 0 Å². The van der Waals surface area contributed by atoms with Crippen LogP contribution in [0.1, 0.15) is 0 Å². The maximum absolute atomic E-state index is 6.14. The number of hydrogen-bond acceptors (Lipinski definition) is 3. The summed E-state index contributed by atoms with van der Waals surface area (Å²) >= 11 is 54.0. The third kappa shape index (κ3) is 3.60. The third-order valence-corrected chi connectivity index (χ3v) is 7.68. The summed E-state index contributed by atoms with van der Waals surface area (Å²) in [5.74, 6) is 0. The van der Waals surface area contributed by atoms with Crippen LogP contribution in [0.15, 0.2) is 14.4 Å². The molecule has 0 saturated heterocycles. The van der Waals surface area contributed by atoms with Crippen molar-refractivity contribution in [3.8, 4) is 0 Å². The van der Waals surface area contributed by atoms with Gasteiger partial charge in [-0.15, -0.1) is 0 Å². The molecule has 0 aliphatic carbocycles. The van der Waals surface area contributed by atoms with Gasteiger partial charge in [-0.05, 0) is 24.0 Å². The predicted molar refractivity (Wildman–Crippen MR) is 100 cm³/mol. The molecule has 11 heteroatoms. The minimum Gasteiger partial charge on any atom is -0.435 e. The second-order valence-electron chi connectivity index (χ2n) is 3.62. The molecule has 2 rings (SSSR count). The lowest BCUT2D eigenvalue weighted by Crippen LogP contribution is -1.86. The van der Waals surface area contributed by atoms with Crippen molar-refractivity contribution in [2.24, 2.45) is 0 Å². The molecule has 0 unspecified atom stereocenters. The monoisotopic (exact) mass is 492 g/mol. The molecule has 118 valence electrons. The second-order valence-corrected chi connectivity index (χ2v) is 8.00. The highest BCUT2D eigenvalue weighted by Gasteiger charge is 2.23. The van der Waals surface area contributed by atoms with Crippen LogP contribution in [0.5, 0.6) is 0 Å². The summed E-state index contributed by atoms with van der Waals surface area (Å²) in [5.41, 5.74) is 0. The number of rotatable bonds is 2. The van der Waals surface area contributed by atoms with Gasteiger partial charge in [0.25, 0.3) is 0 Å². The summed E-state index contributed by atoms with van der Waals surface area (Å²) in [6, 6.07) is 0. The molecular weight excluding hydrogens is 496 g/mol. The van der Waals surface area contributed by atoms with Gasteiger partial charge >= 0.3 is 0 Å². The average Bonchev–Trinajstić information content (AvgIpc) is 2.50. The molecule has 1 aromatic heterocycles. The Morgan fingerprint density at radius 1 is 0.591 bits per heavy atom. The molecule has 22 heavy (non-hydrogen) atoms. The van der Waals surface area contributed by atoms with Gasteiger partial charge in [0.15, 0.2) is 5.09 Å². The molecule has 0 N–H and O–H groups in total. The molecule has 1 heterocycles. The Morgan fingerprint density at radius 3 is 1.50 bits per heavy atom. The van der Waals surface area contributed by atoms with E-state index in [1.807, 2.05) is 0 Å². The van der Waals surface area contributed by atoms with Crippen molar-refractivity contribution in [2.45, 2.75) is 9.99 Å². The SMILES string of the molecule is S=c1oc(Sc2c(Cl)c(Cl)c(Cl)c(Cl)c2Cl)c(Cl)c(Cl)c1Cl. The molecule has 0 saturated carbocycles. The van der Waals surface area contributed by atoms with E-state index in [0.29, 0.717) is 4.90 Å². The molecule has 0 radical (unpaired) electrons.